The summed E-state index contributed by atoms with van der Waals surface area (Å²) in [5.41, 5.74) is 0.882. The number of ether oxygens (including phenoxy) is 1. The molecule has 0 saturated heterocycles. The highest BCUT2D eigenvalue weighted by atomic mass is 35.5. The lowest BCUT2D eigenvalue weighted by Gasteiger charge is -2.18. The van der Waals surface area contributed by atoms with Crippen LogP contribution < -0.4 is 10.1 Å². The minimum atomic E-state index is -0.333. The molecule has 2 aromatic rings. The van der Waals surface area contributed by atoms with Gasteiger partial charge in [0.2, 0.25) is 0 Å². The highest BCUT2D eigenvalue weighted by Gasteiger charge is 2.11. The van der Waals surface area contributed by atoms with Crippen molar-refractivity contribution < 1.29 is 9.13 Å². The molecule has 0 aliphatic heterocycles. The van der Waals surface area contributed by atoms with E-state index in [4.69, 9.17) is 27.9 Å². The van der Waals surface area contributed by atoms with Gasteiger partial charge < -0.3 is 10.1 Å². The molecule has 1 unspecified atom stereocenters. The largest absolute Gasteiger partial charge is 0.492 e. The Morgan fingerprint density at radius 1 is 1.19 bits per heavy atom. The second-order valence-corrected chi connectivity index (χ2v) is 5.54. The van der Waals surface area contributed by atoms with E-state index in [-0.39, 0.29) is 11.9 Å². The zero-order chi connectivity index (χ0) is 15.2. The first-order chi connectivity index (χ1) is 10.1. The molecule has 0 bridgehead atoms. The Bertz CT molecular complexity index is 607. The third kappa shape index (κ3) is 4.88. The number of hydrogen-bond donors (Lipinski definition) is 1. The SMILES string of the molecule is CNC(COc1cccc(Cl)c1)Cc1ccc(F)cc1Cl. The van der Waals surface area contributed by atoms with Crippen LogP contribution >= 0.6 is 23.2 Å². The second kappa shape index (κ2) is 7.64. The maximum Gasteiger partial charge on any atom is 0.124 e. The molecule has 112 valence electrons. The fourth-order valence-electron chi connectivity index (χ4n) is 1.95. The van der Waals surface area contributed by atoms with Gasteiger partial charge in [0.05, 0.1) is 0 Å². The Kier molecular flexibility index (Phi) is 5.85. The van der Waals surface area contributed by atoms with Gasteiger partial charge in [-0.15, -0.1) is 0 Å². The zero-order valence-corrected chi connectivity index (χ0v) is 13.1. The molecule has 1 N–H and O–H groups in total. The van der Waals surface area contributed by atoms with Crippen molar-refractivity contribution in [3.05, 3.63) is 63.9 Å². The molecular weight excluding hydrogens is 312 g/mol. The minimum absolute atomic E-state index is 0.0620. The van der Waals surface area contributed by atoms with Crippen molar-refractivity contribution in [1.29, 1.82) is 0 Å². The number of likely N-dealkylation sites (N-methyl/N-ethyl adjacent to an activating group) is 1. The second-order valence-electron chi connectivity index (χ2n) is 4.69. The summed E-state index contributed by atoms with van der Waals surface area (Å²) < 4.78 is 18.7. The van der Waals surface area contributed by atoms with E-state index in [9.17, 15) is 4.39 Å². The maximum atomic E-state index is 13.0. The van der Waals surface area contributed by atoms with Gasteiger partial charge in [0, 0.05) is 16.1 Å². The molecule has 2 nitrogen and oxygen atoms in total. The zero-order valence-electron chi connectivity index (χ0n) is 11.6. The lowest BCUT2D eigenvalue weighted by molar-refractivity contribution is 0.270. The van der Waals surface area contributed by atoms with Crippen LogP contribution in [0.1, 0.15) is 5.56 Å². The summed E-state index contributed by atoms with van der Waals surface area (Å²) in [5.74, 6) is 0.382. The van der Waals surface area contributed by atoms with Crippen molar-refractivity contribution in [3.63, 3.8) is 0 Å². The highest BCUT2D eigenvalue weighted by Crippen LogP contribution is 2.20. The van der Waals surface area contributed by atoms with Crippen molar-refractivity contribution >= 4 is 23.2 Å². The van der Waals surface area contributed by atoms with Crippen LogP contribution in [-0.4, -0.2) is 19.7 Å². The molecule has 5 heteroatoms. The van der Waals surface area contributed by atoms with Gasteiger partial charge in [-0.1, -0.05) is 35.3 Å². The van der Waals surface area contributed by atoms with Crippen LogP contribution in [0.3, 0.4) is 0 Å². The van der Waals surface area contributed by atoms with Gasteiger partial charge in [0.1, 0.15) is 18.2 Å². The number of halogens is 3. The molecule has 0 aliphatic carbocycles. The van der Waals surface area contributed by atoms with Crippen molar-refractivity contribution in [2.45, 2.75) is 12.5 Å². The van der Waals surface area contributed by atoms with Crippen LogP contribution in [0.25, 0.3) is 0 Å². The Morgan fingerprint density at radius 3 is 2.67 bits per heavy atom. The summed E-state index contributed by atoms with van der Waals surface area (Å²) in [6.07, 6.45) is 0.649. The monoisotopic (exact) mass is 327 g/mol. The molecule has 0 fully saturated rings. The lowest BCUT2D eigenvalue weighted by atomic mass is 10.1. The summed E-state index contributed by atoms with van der Waals surface area (Å²) in [7, 11) is 1.85. The van der Waals surface area contributed by atoms with E-state index >= 15 is 0 Å². The van der Waals surface area contributed by atoms with E-state index in [1.165, 1.54) is 12.1 Å². The van der Waals surface area contributed by atoms with Gasteiger partial charge in [0.25, 0.3) is 0 Å². The van der Waals surface area contributed by atoms with Crippen LogP contribution in [0.5, 0.6) is 5.75 Å². The summed E-state index contributed by atoms with van der Waals surface area (Å²) in [4.78, 5) is 0. The van der Waals surface area contributed by atoms with E-state index < -0.39 is 0 Å². The Hall–Kier alpha value is -1.29. The standard InChI is InChI=1S/C16H16Cl2FNO/c1-20-14(7-11-5-6-13(19)9-16(11)18)10-21-15-4-2-3-12(17)8-15/h2-6,8-9,14,20H,7,10H2,1H3. The van der Waals surface area contributed by atoms with Crippen LogP contribution in [0.15, 0.2) is 42.5 Å². The molecular formula is C16H16Cl2FNO. The Balaban J connectivity index is 1.97. The smallest absolute Gasteiger partial charge is 0.124 e. The van der Waals surface area contributed by atoms with Gasteiger partial charge in [-0.25, -0.2) is 4.39 Å². The summed E-state index contributed by atoms with van der Waals surface area (Å²) in [5, 5.41) is 4.23. The first-order valence-corrected chi connectivity index (χ1v) is 7.33. The van der Waals surface area contributed by atoms with Gasteiger partial charge in [-0.05, 0) is 49.4 Å². The summed E-state index contributed by atoms with van der Waals surface area (Å²) >= 11 is 12.0. The molecule has 0 saturated carbocycles. The topological polar surface area (TPSA) is 21.3 Å². The highest BCUT2D eigenvalue weighted by molar-refractivity contribution is 6.31. The third-order valence-corrected chi connectivity index (χ3v) is 3.72. The summed E-state index contributed by atoms with van der Waals surface area (Å²) in [6.45, 7) is 0.463. The van der Waals surface area contributed by atoms with Crippen LogP contribution in [0.2, 0.25) is 10.0 Å². The van der Waals surface area contributed by atoms with Gasteiger partial charge >= 0.3 is 0 Å². The molecule has 0 aliphatic rings. The van der Waals surface area contributed by atoms with Gasteiger partial charge in [-0.2, -0.15) is 0 Å². The van der Waals surface area contributed by atoms with Crippen molar-refractivity contribution in [2.24, 2.45) is 0 Å². The summed E-state index contributed by atoms with van der Waals surface area (Å²) in [6, 6.07) is 11.7. The first-order valence-electron chi connectivity index (χ1n) is 6.58. The van der Waals surface area contributed by atoms with Crippen LogP contribution in [-0.2, 0) is 6.42 Å². The molecule has 1 atom stereocenters. The normalized spacial score (nSPS) is 12.2. The van der Waals surface area contributed by atoms with Crippen LogP contribution in [0, 0.1) is 5.82 Å². The van der Waals surface area contributed by atoms with Crippen LogP contribution in [0.4, 0.5) is 4.39 Å². The molecule has 0 radical (unpaired) electrons. The predicted octanol–water partition coefficient (Wildman–Crippen LogP) is 4.34. The molecule has 0 spiro atoms. The van der Waals surface area contributed by atoms with E-state index in [1.807, 2.05) is 19.2 Å². The fourth-order valence-corrected chi connectivity index (χ4v) is 2.38. The number of nitrogens with one attached hydrogen (secondary N) is 1. The van der Waals surface area contributed by atoms with Crippen molar-refractivity contribution in [2.75, 3.05) is 13.7 Å². The quantitative estimate of drug-likeness (QED) is 0.852. The fraction of sp³-hybridized carbons (Fsp3) is 0.250. The third-order valence-electron chi connectivity index (χ3n) is 3.14. The molecule has 21 heavy (non-hydrogen) atoms. The van der Waals surface area contributed by atoms with E-state index in [2.05, 4.69) is 5.32 Å². The van der Waals surface area contributed by atoms with E-state index in [0.717, 1.165) is 5.56 Å². The average Bonchev–Trinajstić information content (AvgIpc) is 2.45. The predicted molar refractivity (Wildman–Crippen MR) is 84.9 cm³/mol. The van der Waals surface area contributed by atoms with E-state index in [1.54, 1.807) is 18.2 Å². The Labute approximate surface area is 133 Å². The minimum Gasteiger partial charge on any atom is -0.492 e. The Morgan fingerprint density at radius 2 is 2.00 bits per heavy atom. The van der Waals surface area contributed by atoms with Crippen molar-refractivity contribution in [3.8, 4) is 5.75 Å². The van der Waals surface area contributed by atoms with Gasteiger partial charge in [0.15, 0.2) is 0 Å². The maximum absolute atomic E-state index is 13.0. The lowest BCUT2D eigenvalue weighted by Crippen LogP contribution is -2.33. The van der Waals surface area contributed by atoms with E-state index in [0.29, 0.717) is 28.8 Å². The molecule has 0 heterocycles. The molecule has 2 aromatic carbocycles. The van der Waals surface area contributed by atoms with Crippen molar-refractivity contribution in [1.82, 2.24) is 5.32 Å². The molecule has 0 amide bonds. The first kappa shape index (κ1) is 16.1. The molecule has 0 aromatic heterocycles. The number of hydrogen-bond acceptors (Lipinski definition) is 2. The number of rotatable bonds is 6. The average molecular weight is 328 g/mol. The molecule has 2 rings (SSSR count). The number of benzene rings is 2. The van der Waals surface area contributed by atoms with Gasteiger partial charge in [-0.3, -0.25) is 0 Å².